The third kappa shape index (κ3) is 4.01. The van der Waals surface area contributed by atoms with E-state index in [0.717, 1.165) is 13.2 Å². The molecule has 1 aromatic rings. The lowest BCUT2D eigenvalue weighted by molar-refractivity contribution is 0.171. The highest BCUT2D eigenvalue weighted by molar-refractivity contribution is 5.03. The Morgan fingerprint density at radius 2 is 2.20 bits per heavy atom. The van der Waals surface area contributed by atoms with Crippen LogP contribution < -0.4 is 5.32 Å². The van der Waals surface area contributed by atoms with Gasteiger partial charge in [0.15, 0.2) is 0 Å². The molecule has 0 saturated carbocycles. The lowest BCUT2D eigenvalue weighted by Crippen LogP contribution is -2.29. The van der Waals surface area contributed by atoms with Gasteiger partial charge in [-0.05, 0) is 20.8 Å². The molecule has 15 heavy (non-hydrogen) atoms. The number of methoxy groups -OCH3 is 1. The molecule has 0 bridgehead atoms. The molecule has 0 aromatic carbocycles. The van der Waals surface area contributed by atoms with Crippen LogP contribution in [0.25, 0.3) is 0 Å². The van der Waals surface area contributed by atoms with Crippen molar-refractivity contribution >= 4 is 0 Å². The van der Waals surface area contributed by atoms with Crippen LogP contribution >= 0.6 is 0 Å². The Morgan fingerprint density at radius 1 is 1.47 bits per heavy atom. The van der Waals surface area contributed by atoms with Gasteiger partial charge in [0.2, 0.25) is 0 Å². The molecule has 4 nitrogen and oxygen atoms in total. The summed E-state index contributed by atoms with van der Waals surface area (Å²) in [5, 5.41) is 7.66. The largest absolute Gasteiger partial charge is 0.383 e. The van der Waals surface area contributed by atoms with Crippen LogP contribution in [-0.2, 0) is 11.3 Å². The molecule has 0 radical (unpaired) electrons. The Bertz CT molecular complexity index is 283. The fourth-order valence-electron chi connectivity index (χ4n) is 1.35. The van der Waals surface area contributed by atoms with E-state index in [1.165, 1.54) is 5.56 Å². The lowest BCUT2D eigenvalue weighted by Gasteiger charge is -2.11. The van der Waals surface area contributed by atoms with Gasteiger partial charge in [0.25, 0.3) is 0 Å². The summed E-state index contributed by atoms with van der Waals surface area (Å²) in [5.74, 6) is 0. The first-order chi connectivity index (χ1) is 7.13. The van der Waals surface area contributed by atoms with Crippen LogP contribution in [0.5, 0.6) is 0 Å². The van der Waals surface area contributed by atoms with E-state index in [9.17, 15) is 0 Å². The number of rotatable bonds is 6. The van der Waals surface area contributed by atoms with Crippen LogP contribution in [-0.4, -0.2) is 29.5 Å². The Balaban J connectivity index is 2.37. The predicted octanol–water partition coefficient (Wildman–Crippen LogP) is 1.59. The zero-order valence-electron chi connectivity index (χ0n) is 10.0. The highest BCUT2D eigenvalue weighted by Crippen LogP contribution is 2.05. The minimum Gasteiger partial charge on any atom is -0.383 e. The molecule has 86 valence electrons. The van der Waals surface area contributed by atoms with Crippen molar-refractivity contribution in [3.8, 4) is 0 Å². The smallest absolute Gasteiger partial charge is 0.0613 e. The monoisotopic (exact) mass is 211 g/mol. The molecule has 1 N–H and O–H groups in total. The quantitative estimate of drug-likeness (QED) is 0.776. The van der Waals surface area contributed by atoms with E-state index in [-0.39, 0.29) is 0 Å². The van der Waals surface area contributed by atoms with Gasteiger partial charge in [-0.2, -0.15) is 5.10 Å². The number of hydrogen-bond donors (Lipinski definition) is 1. The van der Waals surface area contributed by atoms with E-state index in [4.69, 9.17) is 4.74 Å². The maximum atomic E-state index is 5.05. The van der Waals surface area contributed by atoms with Crippen LogP contribution in [0.4, 0.5) is 0 Å². The summed E-state index contributed by atoms with van der Waals surface area (Å²) in [7, 11) is 1.72. The van der Waals surface area contributed by atoms with Crippen LogP contribution in [0.2, 0.25) is 0 Å². The van der Waals surface area contributed by atoms with E-state index in [1.54, 1.807) is 7.11 Å². The van der Waals surface area contributed by atoms with E-state index < -0.39 is 0 Å². The van der Waals surface area contributed by atoms with Gasteiger partial charge in [-0.3, -0.25) is 4.68 Å². The third-order valence-electron chi connectivity index (χ3n) is 2.26. The Hall–Kier alpha value is -0.870. The Labute approximate surface area is 91.6 Å². The standard InChI is InChI=1S/C11H21N3O/c1-9(2)14-7-11(6-13-14)5-12-10(3)8-15-4/h6-7,9-10,12H,5,8H2,1-4H3. The summed E-state index contributed by atoms with van der Waals surface area (Å²) in [4.78, 5) is 0. The molecule has 4 heteroatoms. The van der Waals surface area contributed by atoms with Crippen molar-refractivity contribution in [3.63, 3.8) is 0 Å². The summed E-state index contributed by atoms with van der Waals surface area (Å²) >= 11 is 0. The molecule has 0 fully saturated rings. The molecule has 0 spiro atoms. The molecular weight excluding hydrogens is 190 g/mol. The summed E-state index contributed by atoms with van der Waals surface area (Å²) in [6.45, 7) is 7.93. The molecule has 1 unspecified atom stereocenters. The SMILES string of the molecule is COCC(C)NCc1cnn(C(C)C)c1. The molecule has 1 heterocycles. The van der Waals surface area contributed by atoms with Crippen molar-refractivity contribution in [2.45, 2.75) is 39.4 Å². The van der Waals surface area contributed by atoms with Crippen LogP contribution in [0.1, 0.15) is 32.4 Å². The first-order valence-electron chi connectivity index (χ1n) is 5.38. The van der Waals surface area contributed by atoms with Gasteiger partial charge in [0.05, 0.1) is 12.8 Å². The average Bonchev–Trinajstić information content (AvgIpc) is 2.63. The highest BCUT2D eigenvalue weighted by atomic mass is 16.5. The van der Waals surface area contributed by atoms with Crippen molar-refractivity contribution in [1.82, 2.24) is 15.1 Å². The first kappa shape index (κ1) is 12.2. The zero-order chi connectivity index (χ0) is 11.3. The molecule has 0 saturated heterocycles. The van der Waals surface area contributed by atoms with E-state index >= 15 is 0 Å². The van der Waals surface area contributed by atoms with Crippen LogP contribution in [0.15, 0.2) is 12.4 Å². The van der Waals surface area contributed by atoms with Gasteiger partial charge in [0.1, 0.15) is 0 Å². The highest BCUT2D eigenvalue weighted by Gasteiger charge is 2.03. The summed E-state index contributed by atoms with van der Waals surface area (Å²) in [6.07, 6.45) is 3.99. The summed E-state index contributed by atoms with van der Waals surface area (Å²) in [6, 6.07) is 0.799. The Kier molecular flexibility index (Phi) is 4.78. The Morgan fingerprint density at radius 3 is 2.73 bits per heavy atom. The topological polar surface area (TPSA) is 39.1 Å². The number of nitrogens with zero attached hydrogens (tertiary/aromatic N) is 2. The fourth-order valence-corrected chi connectivity index (χ4v) is 1.35. The van der Waals surface area contributed by atoms with Gasteiger partial charge in [-0.25, -0.2) is 0 Å². The van der Waals surface area contributed by atoms with Gasteiger partial charge < -0.3 is 10.1 Å². The maximum absolute atomic E-state index is 5.05. The number of nitrogens with one attached hydrogen (secondary N) is 1. The van der Waals surface area contributed by atoms with Gasteiger partial charge >= 0.3 is 0 Å². The van der Waals surface area contributed by atoms with Gasteiger partial charge in [-0.15, -0.1) is 0 Å². The van der Waals surface area contributed by atoms with E-state index in [0.29, 0.717) is 12.1 Å². The second-order valence-corrected chi connectivity index (χ2v) is 4.16. The molecule has 0 aliphatic rings. The van der Waals surface area contributed by atoms with Crippen LogP contribution in [0, 0.1) is 0 Å². The van der Waals surface area contributed by atoms with Crippen molar-refractivity contribution in [3.05, 3.63) is 18.0 Å². The third-order valence-corrected chi connectivity index (χ3v) is 2.26. The second kappa shape index (κ2) is 5.88. The second-order valence-electron chi connectivity index (χ2n) is 4.16. The zero-order valence-corrected chi connectivity index (χ0v) is 10.0. The fraction of sp³-hybridized carbons (Fsp3) is 0.727. The minimum absolute atomic E-state index is 0.373. The molecule has 1 aromatic heterocycles. The number of aromatic nitrogens is 2. The molecule has 0 aliphatic heterocycles. The average molecular weight is 211 g/mol. The normalized spacial score (nSPS) is 13.4. The lowest BCUT2D eigenvalue weighted by atomic mass is 10.3. The molecule has 0 aliphatic carbocycles. The molecule has 0 amide bonds. The molecule has 1 atom stereocenters. The van der Waals surface area contributed by atoms with Gasteiger partial charge in [-0.1, -0.05) is 0 Å². The first-order valence-corrected chi connectivity index (χ1v) is 5.38. The summed E-state index contributed by atoms with van der Waals surface area (Å²) in [5.41, 5.74) is 1.21. The van der Waals surface area contributed by atoms with Crippen molar-refractivity contribution in [2.75, 3.05) is 13.7 Å². The van der Waals surface area contributed by atoms with Crippen LogP contribution in [0.3, 0.4) is 0 Å². The molecule has 1 rings (SSSR count). The maximum Gasteiger partial charge on any atom is 0.0613 e. The number of ether oxygens (including phenoxy) is 1. The number of hydrogen-bond acceptors (Lipinski definition) is 3. The van der Waals surface area contributed by atoms with Crippen molar-refractivity contribution in [2.24, 2.45) is 0 Å². The van der Waals surface area contributed by atoms with E-state index in [1.807, 2.05) is 10.9 Å². The van der Waals surface area contributed by atoms with Crippen molar-refractivity contribution in [1.29, 1.82) is 0 Å². The molecular formula is C11H21N3O. The van der Waals surface area contributed by atoms with Crippen molar-refractivity contribution < 1.29 is 4.74 Å². The predicted molar refractivity (Wildman–Crippen MR) is 60.8 cm³/mol. The summed E-state index contributed by atoms with van der Waals surface area (Å²) < 4.78 is 7.02. The van der Waals surface area contributed by atoms with Gasteiger partial charge in [0, 0.05) is 37.5 Å². The van der Waals surface area contributed by atoms with E-state index in [2.05, 4.69) is 37.4 Å². The minimum atomic E-state index is 0.373.